The van der Waals surface area contributed by atoms with Crippen molar-refractivity contribution >= 4 is 27.0 Å². The molecule has 0 spiro atoms. The van der Waals surface area contributed by atoms with Crippen LogP contribution in [0.3, 0.4) is 0 Å². The van der Waals surface area contributed by atoms with Gasteiger partial charge >= 0.3 is 5.97 Å². The number of aromatic carboxylic acids is 1. The first-order valence-corrected chi connectivity index (χ1v) is 11.4. The van der Waals surface area contributed by atoms with Gasteiger partial charge in [-0.2, -0.15) is 4.31 Å². The predicted molar refractivity (Wildman–Crippen MR) is 112 cm³/mol. The second kappa shape index (κ2) is 7.97. The third kappa shape index (κ3) is 3.90. The molecule has 2 aromatic carbocycles. The van der Waals surface area contributed by atoms with Gasteiger partial charge in [0.1, 0.15) is 33.4 Å². The van der Waals surface area contributed by atoms with E-state index in [1.54, 1.807) is 13.8 Å². The minimum atomic E-state index is -3.85. The Hall–Kier alpha value is -2.91. The van der Waals surface area contributed by atoms with Gasteiger partial charge in [0, 0.05) is 30.1 Å². The minimum Gasteiger partial charge on any atom is -0.490 e. The molecule has 164 valence electrons. The Kier molecular flexibility index (Phi) is 5.49. The molecule has 9 heteroatoms. The molecule has 1 N–H and O–H groups in total. The van der Waals surface area contributed by atoms with Crippen molar-refractivity contribution in [3.05, 3.63) is 47.8 Å². The highest BCUT2D eigenvalue weighted by Gasteiger charge is 2.33. The molecular formula is C22H22FNO6S. The predicted octanol–water partition coefficient (Wildman–Crippen LogP) is 4.51. The fourth-order valence-corrected chi connectivity index (χ4v) is 5.37. The summed E-state index contributed by atoms with van der Waals surface area (Å²) < 4.78 is 52.8. The fraction of sp³-hybridized carbons (Fsp3) is 0.318. The van der Waals surface area contributed by atoms with Crippen LogP contribution in [0.25, 0.3) is 22.3 Å². The van der Waals surface area contributed by atoms with Crippen LogP contribution in [0.2, 0.25) is 0 Å². The summed E-state index contributed by atoms with van der Waals surface area (Å²) in [6, 6.07) is 7.94. The van der Waals surface area contributed by atoms with Gasteiger partial charge in [0.2, 0.25) is 10.0 Å². The molecule has 0 amide bonds. The highest BCUT2D eigenvalue weighted by Crippen LogP contribution is 2.40. The molecule has 1 aliphatic heterocycles. The monoisotopic (exact) mass is 447 g/mol. The SMILES string of the molecule is CC(C)Oc1cc2c(C(=O)O)c(-c3ccc(F)cc3)oc2cc1S(=O)(=O)N1CCCC1. The van der Waals surface area contributed by atoms with Crippen molar-refractivity contribution in [1.82, 2.24) is 4.31 Å². The van der Waals surface area contributed by atoms with Crippen LogP contribution in [-0.2, 0) is 10.0 Å². The topological polar surface area (TPSA) is 97.0 Å². The molecule has 0 unspecified atom stereocenters. The van der Waals surface area contributed by atoms with E-state index in [4.69, 9.17) is 9.15 Å². The van der Waals surface area contributed by atoms with Gasteiger partial charge in [-0.1, -0.05) is 0 Å². The summed E-state index contributed by atoms with van der Waals surface area (Å²) in [6.07, 6.45) is 1.22. The number of carboxylic acid groups (broad SMARTS) is 1. The Labute approximate surface area is 179 Å². The van der Waals surface area contributed by atoms with Crippen LogP contribution in [0.5, 0.6) is 5.75 Å². The molecular weight excluding hydrogens is 425 g/mol. The number of benzene rings is 2. The zero-order chi connectivity index (χ0) is 22.3. The molecule has 2 heterocycles. The van der Waals surface area contributed by atoms with E-state index < -0.39 is 21.8 Å². The molecule has 0 atom stereocenters. The van der Waals surface area contributed by atoms with Crippen molar-refractivity contribution in [3.8, 4) is 17.1 Å². The molecule has 4 rings (SSSR count). The number of hydrogen-bond donors (Lipinski definition) is 1. The summed E-state index contributed by atoms with van der Waals surface area (Å²) in [6.45, 7) is 4.35. The van der Waals surface area contributed by atoms with Crippen LogP contribution in [0, 0.1) is 5.82 Å². The van der Waals surface area contributed by atoms with Gasteiger partial charge in [0.05, 0.1) is 6.10 Å². The van der Waals surface area contributed by atoms with Crippen LogP contribution >= 0.6 is 0 Å². The second-order valence-electron chi connectivity index (χ2n) is 7.69. The molecule has 1 fully saturated rings. The largest absolute Gasteiger partial charge is 0.490 e. The molecule has 0 saturated carbocycles. The number of hydrogen-bond acceptors (Lipinski definition) is 5. The highest BCUT2D eigenvalue weighted by atomic mass is 32.2. The van der Waals surface area contributed by atoms with Gasteiger partial charge in [0.15, 0.2) is 0 Å². The number of carbonyl (C=O) groups is 1. The maximum absolute atomic E-state index is 13.3. The average Bonchev–Trinajstić information content (AvgIpc) is 3.35. The number of furan rings is 1. The van der Waals surface area contributed by atoms with Crippen molar-refractivity contribution in [2.24, 2.45) is 0 Å². The maximum atomic E-state index is 13.3. The van der Waals surface area contributed by atoms with Crippen LogP contribution in [0.15, 0.2) is 45.7 Å². The van der Waals surface area contributed by atoms with E-state index in [0.717, 1.165) is 12.8 Å². The minimum absolute atomic E-state index is 0.0220. The summed E-state index contributed by atoms with van der Waals surface area (Å²) in [7, 11) is -3.85. The van der Waals surface area contributed by atoms with Crippen molar-refractivity contribution in [2.75, 3.05) is 13.1 Å². The summed E-state index contributed by atoms with van der Waals surface area (Å²) in [4.78, 5) is 12.0. The molecule has 0 radical (unpaired) electrons. The Bertz CT molecular complexity index is 1240. The number of sulfonamides is 1. The standard InChI is InChI=1S/C22H22FNO6S/c1-13(2)29-18-11-16-17(12-19(18)31(27,28)24-9-3-4-10-24)30-21(20(16)22(25)26)14-5-7-15(23)8-6-14/h5-8,11-13H,3-4,9-10H2,1-2H3,(H,25,26). The number of halogens is 1. The normalized spacial score (nSPS) is 15.1. The third-order valence-electron chi connectivity index (χ3n) is 5.12. The lowest BCUT2D eigenvalue weighted by atomic mass is 10.1. The van der Waals surface area contributed by atoms with Gasteiger partial charge in [-0.05, 0) is 57.0 Å². The summed E-state index contributed by atoms with van der Waals surface area (Å²) in [5.74, 6) is -1.62. The summed E-state index contributed by atoms with van der Waals surface area (Å²) >= 11 is 0. The van der Waals surface area contributed by atoms with E-state index >= 15 is 0 Å². The summed E-state index contributed by atoms with van der Waals surface area (Å²) in [5.41, 5.74) is 0.330. The third-order valence-corrected chi connectivity index (χ3v) is 7.04. The number of rotatable bonds is 6. The van der Waals surface area contributed by atoms with Gasteiger partial charge in [-0.25, -0.2) is 17.6 Å². The molecule has 7 nitrogen and oxygen atoms in total. The quantitative estimate of drug-likeness (QED) is 0.597. The van der Waals surface area contributed by atoms with Gasteiger partial charge < -0.3 is 14.3 Å². The lowest BCUT2D eigenvalue weighted by Gasteiger charge is -2.19. The zero-order valence-electron chi connectivity index (χ0n) is 17.1. The Morgan fingerprint density at radius 3 is 2.39 bits per heavy atom. The number of fused-ring (bicyclic) bond motifs is 1. The zero-order valence-corrected chi connectivity index (χ0v) is 17.9. The van der Waals surface area contributed by atoms with Gasteiger partial charge in [-0.3, -0.25) is 0 Å². The number of ether oxygens (including phenoxy) is 1. The van der Waals surface area contributed by atoms with Crippen molar-refractivity contribution in [3.63, 3.8) is 0 Å². The lowest BCUT2D eigenvalue weighted by molar-refractivity contribution is 0.0699. The summed E-state index contributed by atoms with van der Waals surface area (Å²) in [5, 5.41) is 10.1. The van der Waals surface area contributed by atoms with Crippen molar-refractivity contribution in [2.45, 2.75) is 37.7 Å². The van der Waals surface area contributed by atoms with Gasteiger partial charge in [0.25, 0.3) is 0 Å². The fourth-order valence-electron chi connectivity index (χ4n) is 3.74. The van der Waals surface area contributed by atoms with E-state index in [1.165, 1.54) is 40.7 Å². The molecule has 1 saturated heterocycles. The van der Waals surface area contributed by atoms with E-state index in [0.29, 0.717) is 18.7 Å². The second-order valence-corrected chi connectivity index (χ2v) is 9.60. The maximum Gasteiger partial charge on any atom is 0.340 e. The van der Waals surface area contributed by atoms with Crippen LogP contribution in [0.4, 0.5) is 4.39 Å². The average molecular weight is 447 g/mol. The molecule has 3 aromatic rings. The Morgan fingerprint density at radius 1 is 1.16 bits per heavy atom. The van der Waals surface area contributed by atoms with Crippen LogP contribution in [0.1, 0.15) is 37.0 Å². The van der Waals surface area contributed by atoms with Crippen molar-refractivity contribution in [1.29, 1.82) is 0 Å². The van der Waals surface area contributed by atoms with Crippen LogP contribution < -0.4 is 4.74 Å². The first-order chi connectivity index (χ1) is 14.7. The number of nitrogens with zero attached hydrogens (tertiary/aromatic N) is 1. The molecule has 1 aromatic heterocycles. The molecule has 0 bridgehead atoms. The first-order valence-electron chi connectivity index (χ1n) is 9.95. The highest BCUT2D eigenvalue weighted by molar-refractivity contribution is 7.89. The first kappa shape index (κ1) is 21.3. The molecule has 0 aliphatic carbocycles. The number of carboxylic acids is 1. The Morgan fingerprint density at radius 2 is 1.81 bits per heavy atom. The van der Waals surface area contributed by atoms with E-state index in [-0.39, 0.29) is 39.0 Å². The lowest BCUT2D eigenvalue weighted by Crippen LogP contribution is -2.28. The van der Waals surface area contributed by atoms with Crippen LogP contribution in [-0.4, -0.2) is 43.0 Å². The smallest absolute Gasteiger partial charge is 0.340 e. The van der Waals surface area contributed by atoms with E-state index in [9.17, 15) is 22.7 Å². The molecule has 31 heavy (non-hydrogen) atoms. The Balaban J connectivity index is 1.97. The van der Waals surface area contributed by atoms with Gasteiger partial charge in [-0.15, -0.1) is 0 Å². The van der Waals surface area contributed by atoms with E-state index in [1.807, 2.05) is 0 Å². The van der Waals surface area contributed by atoms with Crippen molar-refractivity contribution < 1.29 is 31.9 Å². The van der Waals surface area contributed by atoms with E-state index in [2.05, 4.69) is 0 Å². The molecule has 1 aliphatic rings.